The van der Waals surface area contributed by atoms with Gasteiger partial charge >= 0.3 is 0 Å². The number of likely N-dealkylation sites (tertiary alicyclic amines) is 1. The maximum absolute atomic E-state index is 13.5. The van der Waals surface area contributed by atoms with E-state index in [9.17, 15) is 9.50 Å². The van der Waals surface area contributed by atoms with Gasteiger partial charge in [0.25, 0.3) is 0 Å². The molecule has 100 valence electrons. The molecule has 4 heteroatoms. The second-order valence-corrected chi connectivity index (χ2v) is 4.99. The van der Waals surface area contributed by atoms with Gasteiger partial charge in [-0.25, -0.2) is 4.39 Å². The molecule has 1 aliphatic heterocycles. The summed E-state index contributed by atoms with van der Waals surface area (Å²) in [7, 11) is 0. The molecule has 0 saturated carbocycles. The average Bonchev–Trinajstić information content (AvgIpc) is 2.38. The molecule has 1 aliphatic rings. The lowest BCUT2D eigenvalue weighted by molar-refractivity contribution is 0.0812. The quantitative estimate of drug-likeness (QED) is 0.857. The molecule has 1 heterocycles. The van der Waals surface area contributed by atoms with Crippen LogP contribution >= 0.6 is 0 Å². The predicted molar refractivity (Wildman–Crippen MR) is 69.6 cm³/mol. The first-order valence-corrected chi connectivity index (χ1v) is 6.57. The number of piperidine rings is 1. The number of nitrogens with two attached hydrogens (primary N) is 1. The second-order valence-electron chi connectivity index (χ2n) is 4.99. The molecule has 2 rings (SSSR count). The Balaban J connectivity index is 1.81. The smallest absolute Gasteiger partial charge is 0.127 e. The van der Waals surface area contributed by atoms with E-state index in [1.165, 1.54) is 6.07 Å². The van der Waals surface area contributed by atoms with Gasteiger partial charge in [0.15, 0.2) is 0 Å². The number of nitrogens with zero attached hydrogens (tertiary/aromatic N) is 1. The van der Waals surface area contributed by atoms with Gasteiger partial charge in [-0.05, 0) is 31.9 Å². The van der Waals surface area contributed by atoms with Gasteiger partial charge in [-0.1, -0.05) is 18.2 Å². The Hall–Kier alpha value is -0.970. The molecule has 1 aromatic rings. The fourth-order valence-electron chi connectivity index (χ4n) is 2.40. The van der Waals surface area contributed by atoms with E-state index in [1.54, 1.807) is 12.1 Å². The van der Waals surface area contributed by atoms with E-state index >= 15 is 0 Å². The van der Waals surface area contributed by atoms with Gasteiger partial charge in [-0.15, -0.1) is 0 Å². The molecule has 1 unspecified atom stereocenters. The summed E-state index contributed by atoms with van der Waals surface area (Å²) >= 11 is 0. The molecule has 0 spiro atoms. The van der Waals surface area contributed by atoms with Crippen LogP contribution in [-0.4, -0.2) is 35.7 Å². The molecule has 1 saturated heterocycles. The van der Waals surface area contributed by atoms with Gasteiger partial charge in [0.2, 0.25) is 0 Å². The van der Waals surface area contributed by atoms with Crippen molar-refractivity contribution >= 4 is 0 Å². The van der Waals surface area contributed by atoms with E-state index in [0.717, 1.165) is 38.9 Å². The van der Waals surface area contributed by atoms with Gasteiger partial charge in [-0.3, -0.25) is 0 Å². The third-order valence-electron chi connectivity index (χ3n) is 3.62. The number of aliphatic hydroxyl groups excluding tert-OH is 1. The van der Waals surface area contributed by atoms with Crippen molar-refractivity contribution in [2.45, 2.75) is 31.4 Å². The molecule has 3 N–H and O–H groups in total. The van der Waals surface area contributed by atoms with Crippen LogP contribution in [-0.2, 0) is 0 Å². The number of hydrogen-bond donors (Lipinski definition) is 2. The molecule has 18 heavy (non-hydrogen) atoms. The average molecular weight is 252 g/mol. The maximum atomic E-state index is 13.5. The highest BCUT2D eigenvalue weighted by Crippen LogP contribution is 2.19. The molecular formula is C14H21FN2O. The van der Waals surface area contributed by atoms with Gasteiger partial charge < -0.3 is 15.7 Å². The Morgan fingerprint density at radius 3 is 2.67 bits per heavy atom. The van der Waals surface area contributed by atoms with Gasteiger partial charge in [0.1, 0.15) is 5.82 Å². The highest BCUT2D eigenvalue weighted by molar-refractivity contribution is 5.20. The van der Waals surface area contributed by atoms with E-state index in [1.807, 2.05) is 6.07 Å². The summed E-state index contributed by atoms with van der Waals surface area (Å²) < 4.78 is 13.5. The summed E-state index contributed by atoms with van der Waals surface area (Å²) in [5.41, 5.74) is 6.62. The molecule has 0 radical (unpaired) electrons. The van der Waals surface area contributed by atoms with Crippen molar-refractivity contribution < 1.29 is 9.50 Å². The second kappa shape index (κ2) is 6.27. The standard InChI is InChI=1S/C14H21FN2O/c15-13-4-2-1-3-12(13)14(16)7-10-17-8-5-11(18)6-9-17/h1-4,11,14,18H,5-10,16H2. The van der Waals surface area contributed by atoms with Crippen LogP contribution in [0.4, 0.5) is 4.39 Å². The first-order valence-electron chi connectivity index (χ1n) is 6.57. The van der Waals surface area contributed by atoms with Crippen LogP contribution in [0, 0.1) is 5.82 Å². The fraction of sp³-hybridized carbons (Fsp3) is 0.571. The molecule has 0 aliphatic carbocycles. The molecule has 0 aromatic heterocycles. The predicted octanol–water partition coefficient (Wildman–Crippen LogP) is 1.67. The fourth-order valence-corrected chi connectivity index (χ4v) is 2.40. The molecular weight excluding hydrogens is 231 g/mol. The summed E-state index contributed by atoms with van der Waals surface area (Å²) in [6, 6.07) is 6.44. The van der Waals surface area contributed by atoms with Crippen molar-refractivity contribution in [3.05, 3.63) is 35.6 Å². The summed E-state index contributed by atoms with van der Waals surface area (Å²) in [4.78, 5) is 2.29. The summed E-state index contributed by atoms with van der Waals surface area (Å²) in [5, 5.41) is 9.42. The lowest BCUT2D eigenvalue weighted by Gasteiger charge is -2.30. The van der Waals surface area contributed by atoms with Gasteiger partial charge in [-0.2, -0.15) is 0 Å². The third-order valence-corrected chi connectivity index (χ3v) is 3.62. The Morgan fingerprint density at radius 1 is 1.33 bits per heavy atom. The highest BCUT2D eigenvalue weighted by Gasteiger charge is 2.18. The lowest BCUT2D eigenvalue weighted by Crippen LogP contribution is -2.37. The summed E-state index contributed by atoms with van der Waals surface area (Å²) in [5.74, 6) is -0.223. The van der Waals surface area contributed by atoms with E-state index in [0.29, 0.717) is 5.56 Å². The van der Waals surface area contributed by atoms with E-state index in [2.05, 4.69) is 4.90 Å². The monoisotopic (exact) mass is 252 g/mol. The van der Waals surface area contributed by atoms with Crippen LogP contribution in [0.5, 0.6) is 0 Å². The van der Waals surface area contributed by atoms with Crippen LogP contribution in [0.3, 0.4) is 0 Å². The van der Waals surface area contributed by atoms with Crippen molar-refractivity contribution in [1.82, 2.24) is 4.90 Å². The molecule has 1 aromatic carbocycles. The number of rotatable bonds is 4. The van der Waals surface area contributed by atoms with Crippen molar-refractivity contribution in [3.63, 3.8) is 0 Å². The Kier molecular flexibility index (Phi) is 4.69. The van der Waals surface area contributed by atoms with Gasteiger partial charge in [0, 0.05) is 24.7 Å². The Labute approximate surface area is 107 Å². The van der Waals surface area contributed by atoms with Crippen molar-refractivity contribution in [1.29, 1.82) is 0 Å². The van der Waals surface area contributed by atoms with Crippen LogP contribution in [0.1, 0.15) is 30.9 Å². The number of hydrogen-bond acceptors (Lipinski definition) is 3. The molecule has 0 amide bonds. The Bertz CT molecular complexity index is 378. The van der Waals surface area contributed by atoms with Crippen molar-refractivity contribution in [2.75, 3.05) is 19.6 Å². The first-order chi connectivity index (χ1) is 8.66. The van der Waals surface area contributed by atoms with Crippen LogP contribution in [0.2, 0.25) is 0 Å². The Morgan fingerprint density at radius 2 is 2.00 bits per heavy atom. The number of aliphatic hydroxyl groups is 1. The SMILES string of the molecule is NC(CCN1CCC(O)CC1)c1ccccc1F. The summed E-state index contributed by atoms with van der Waals surface area (Å²) in [6.07, 6.45) is 2.25. The largest absolute Gasteiger partial charge is 0.393 e. The molecule has 0 bridgehead atoms. The van der Waals surface area contributed by atoms with E-state index in [4.69, 9.17) is 5.73 Å². The minimum Gasteiger partial charge on any atom is -0.393 e. The lowest BCUT2D eigenvalue weighted by atomic mass is 10.0. The van der Waals surface area contributed by atoms with Crippen molar-refractivity contribution in [2.24, 2.45) is 5.73 Å². The molecule has 1 fully saturated rings. The topological polar surface area (TPSA) is 49.5 Å². The van der Waals surface area contributed by atoms with E-state index < -0.39 is 0 Å². The van der Waals surface area contributed by atoms with Crippen LogP contribution in [0.25, 0.3) is 0 Å². The number of benzene rings is 1. The minimum atomic E-state index is -0.252. The van der Waals surface area contributed by atoms with Crippen LogP contribution in [0.15, 0.2) is 24.3 Å². The summed E-state index contributed by atoms with van der Waals surface area (Å²) in [6.45, 7) is 2.68. The maximum Gasteiger partial charge on any atom is 0.127 e. The zero-order valence-electron chi connectivity index (χ0n) is 10.6. The molecule has 3 nitrogen and oxygen atoms in total. The van der Waals surface area contributed by atoms with Gasteiger partial charge in [0.05, 0.1) is 6.10 Å². The van der Waals surface area contributed by atoms with Crippen molar-refractivity contribution in [3.8, 4) is 0 Å². The zero-order valence-corrected chi connectivity index (χ0v) is 10.6. The zero-order chi connectivity index (χ0) is 13.0. The third kappa shape index (κ3) is 3.51. The van der Waals surface area contributed by atoms with Crippen LogP contribution < -0.4 is 5.73 Å². The molecule has 1 atom stereocenters. The first kappa shape index (κ1) is 13.5. The normalized spacial score (nSPS) is 19.9. The van der Waals surface area contributed by atoms with E-state index in [-0.39, 0.29) is 18.0 Å². The highest BCUT2D eigenvalue weighted by atomic mass is 19.1. The minimum absolute atomic E-state index is 0.151. The number of halogens is 1.